The van der Waals surface area contributed by atoms with Crippen molar-refractivity contribution in [2.45, 2.75) is 6.42 Å². The van der Waals surface area contributed by atoms with Gasteiger partial charge in [-0.05, 0) is 66.5 Å². The maximum atomic E-state index is 13.0. The largest absolute Gasteiger partial charge is 0.481 e. The number of carbonyl (C=O) groups is 2. The number of para-hydroxylation sites is 1. The van der Waals surface area contributed by atoms with E-state index in [1.807, 2.05) is 36.4 Å². The molecule has 5 heteroatoms. The number of benzene rings is 2. The quantitative estimate of drug-likeness (QED) is 0.769. The minimum atomic E-state index is -0.864. The number of amides is 1. The fourth-order valence-corrected chi connectivity index (χ4v) is 5.03. The molecule has 142 valence electrons. The minimum Gasteiger partial charge on any atom is -0.481 e. The molecule has 0 aliphatic heterocycles. The van der Waals surface area contributed by atoms with Crippen molar-refractivity contribution in [1.29, 1.82) is 0 Å². The zero-order chi connectivity index (χ0) is 19.3. The van der Waals surface area contributed by atoms with Crippen molar-refractivity contribution in [3.63, 3.8) is 0 Å². The van der Waals surface area contributed by atoms with E-state index >= 15 is 0 Å². The molecule has 2 saturated carbocycles. The van der Waals surface area contributed by atoms with E-state index in [1.54, 1.807) is 24.3 Å². The second-order valence-corrected chi connectivity index (χ2v) is 7.92. The van der Waals surface area contributed by atoms with Gasteiger partial charge in [0.1, 0.15) is 11.5 Å². The Balaban J connectivity index is 1.30. The summed E-state index contributed by atoms with van der Waals surface area (Å²) in [7, 11) is 0. The third-order valence-corrected chi connectivity index (χ3v) is 6.34. The first kappa shape index (κ1) is 17.0. The van der Waals surface area contributed by atoms with Gasteiger partial charge in [-0.25, -0.2) is 0 Å². The van der Waals surface area contributed by atoms with Crippen LogP contribution in [-0.2, 0) is 9.59 Å². The van der Waals surface area contributed by atoms with Crippen LogP contribution in [0.2, 0.25) is 0 Å². The fraction of sp³-hybridized carbons (Fsp3) is 0.304. The number of allylic oxidation sites excluding steroid dienone is 2. The third kappa shape index (κ3) is 2.87. The van der Waals surface area contributed by atoms with Gasteiger partial charge in [-0.2, -0.15) is 0 Å². The van der Waals surface area contributed by atoms with Crippen LogP contribution in [-0.4, -0.2) is 17.0 Å². The molecule has 0 unspecified atom stereocenters. The van der Waals surface area contributed by atoms with Crippen molar-refractivity contribution in [2.75, 3.05) is 5.32 Å². The van der Waals surface area contributed by atoms with Crippen molar-refractivity contribution in [1.82, 2.24) is 0 Å². The lowest BCUT2D eigenvalue weighted by Crippen LogP contribution is -2.48. The van der Waals surface area contributed by atoms with Gasteiger partial charge in [-0.3, -0.25) is 9.59 Å². The van der Waals surface area contributed by atoms with Crippen molar-refractivity contribution < 1.29 is 19.4 Å². The second kappa shape index (κ2) is 6.51. The molecule has 0 spiro atoms. The number of aliphatic carboxylic acids is 1. The third-order valence-electron chi connectivity index (χ3n) is 6.34. The van der Waals surface area contributed by atoms with E-state index in [0.717, 1.165) is 12.2 Å². The zero-order valence-electron chi connectivity index (χ0n) is 15.2. The summed E-state index contributed by atoms with van der Waals surface area (Å²) in [4.78, 5) is 24.8. The average Bonchev–Trinajstić information content (AvgIpc) is 3.52. The molecule has 6 rings (SSSR count). The number of rotatable bonds is 5. The monoisotopic (exact) mass is 375 g/mol. The van der Waals surface area contributed by atoms with Crippen molar-refractivity contribution >= 4 is 17.6 Å². The van der Waals surface area contributed by atoms with Crippen molar-refractivity contribution in [2.24, 2.45) is 35.5 Å². The summed E-state index contributed by atoms with van der Waals surface area (Å²) in [6.45, 7) is 0. The first-order chi connectivity index (χ1) is 13.6. The number of anilines is 1. The molecule has 4 aliphatic carbocycles. The van der Waals surface area contributed by atoms with Gasteiger partial charge in [0.25, 0.3) is 0 Å². The molecule has 2 bridgehead atoms. The van der Waals surface area contributed by atoms with E-state index in [1.165, 1.54) is 0 Å². The number of fused-ring (bicyclic) bond motifs is 1. The Morgan fingerprint density at radius 3 is 2.11 bits per heavy atom. The first-order valence-electron chi connectivity index (χ1n) is 9.67. The molecule has 0 heterocycles. The molecule has 2 fully saturated rings. The lowest BCUT2D eigenvalue weighted by atomic mass is 9.62. The number of carboxylic acids is 1. The zero-order valence-corrected chi connectivity index (χ0v) is 15.2. The van der Waals surface area contributed by atoms with Crippen LogP contribution in [0.3, 0.4) is 0 Å². The highest BCUT2D eigenvalue weighted by Gasteiger charge is 2.62. The predicted molar refractivity (Wildman–Crippen MR) is 104 cm³/mol. The molecule has 0 aromatic heterocycles. The Hall–Kier alpha value is -3.08. The van der Waals surface area contributed by atoms with Gasteiger partial charge in [0.2, 0.25) is 5.91 Å². The smallest absolute Gasteiger partial charge is 0.307 e. The van der Waals surface area contributed by atoms with Crippen LogP contribution in [0.15, 0.2) is 66.7 Å². The highest BCUT2D eigenvalue weighted by molar-refractivity contribution is 5.96. The SMILES string of the molecule is O=C(O)[C@@H]1[C@H]2C=C[C@@H]([C@@H]3C[C@H]23)[C@H]1C(=O)Nc1ccc(Oc2ccccc2)cc1. The normalized spacial score (nSPS) is 31.7. The minimum absolute atomic E-state index is 0.00935. The van der Waals surface area contributed by atoms with Crippen LogP contribution < -0.4 is 10.1 Å². The topological polar surface area (TPSA) is 75.6 Å². The van der Waals surface area contributed by atoms with Crippen LogP contribution >= 0.6 is 0 Å². The lowest BCUT2D eigenvalue weighted by Gasteiger charge is -2.41. The van der Waals surface area contributed by atoms with Gasteiger partial charge in [-0.1, -0.05) is 30.4 Å². The maximum absolute atomic E-state index is 13.0. The summed E-state index contributed by atoms with van der Waals surface area (Å²) in [6.07, 6.45) is 5.14. The van der Waals surface area contributed by atoms with E-state index in [4.69, 9.17) is 4.74 Å². The van der Waals surface area contributed by atoms with Gasteiger partial charge < -0.3 is 15.2 Å². The highest BCUT2D eigenvalue weighted by atomic mass is 16.5. The lowest BCUT2D eigenvalue weighted by molar-refractivity contribution is -0.152. The van der Waals surface area contributed by atoms with Crippen molar-refractivity contribution in [3.8, 4) is 11.5 Å². The Bertz CT molecular complexity index is 937. The number of ether oxygens (including phenoxy) is 1. The molecule has 28 heavy (non-hydrogen) atoms. The summed E-state index contributed by atoms with van der Waals surface area (Å²) < 4.78 is 5.76. The molecule has 2 aromatic rings. The molecule has 6 atom stereocenters. The van der Waals surface area contributed by atoms with Crippen LogP contribution in [0.1, 0.15) is 6.42 Å². The molecule has 4 aliphatic rings. The van der Waals surface area contributed by atoms with E-state index in [2.05, 4.69) is 11.4 Å². The Labute approximate surface area is 163 Å². The van der Waals surface area contributed by atoms with Crippen LogP contribution in [0.4, 0.5) is 5.69 Å². The molecule has 0 radical (unpaired) electrons. The molecule has 2 N–H and O–H groups in total. The predicted octanol–water partition coefficient (Wildman–Crippen LogP) is 4.19. The maximum Gasteiger partial charge on any atom is 0.307 e. The van der Waals surface area contributed by atoms with Crippen LogP contribution in [0.5, 0.6) is 11.5 Å². The highest BCUT2D eigenvalue weighted by Crippen LogP contribution is 2.63. The van der Waals surface area contributed by atoms with Gasteiger partial charge in [0.05, 0.1) is 11.8 Å². The van der Waals surface area contributed by atoms with Crippen LogP contribution in [0.25, 0.3) is 0 Å². The molecule has 1 amide bonds. The fourth-order valence-electron chi connectivity index (χ4n) is 5.03. The first-order valence-corrected chi connectivity index (χ1v) is 9.67. The number of hydrogen-bond donors (Lipinski definition) is 2. The summed E-state index contributed by atoms with van der Waals surface area (Å²) >= 11 is 0. The van der Waals surface area contributed by atoms with E-state index < -0.39 is 17.8 Å². The van der Waals surface area contributed by atoms with Gasteiger partial charge in [-0.15, -0.1) is 0 Å². The molecular formula is C23H21NO4. The molecule has 2 aromatic carbocycles. The number of nitrogens with one attached hydrogen (secondary N) is 1. The number of carboxylic acid groups (broad SMARTS) is 1. The second-order valence-electron chi connectivity index (χ2n) is 7.92. The molecule has 0 saturated heterocycles. The summed E-state index contributed by atoms with van der Waals surface area (Å²) in [6, 6.07) is 16.6. The van der Waals surface area contributed by atoms with Gasteiger partial charge in [0, 0.05) is 5.69 Å². The van der Waals surface area contributed by atoms with Crippen LogP contribution in [0, 0.1) is 35.5 Å². The van der Waals surface area contributed by atoms with E-state index in [0.29, 0.717) is 23.3 Å². The Morgan fingerprint density at radius 1 is 0.857 bits per heavy atom. The van der Waals surface area contributed by atoms with Gasteiger partial charge >= 0.3 is 5.97 Å². The number of carbonyl (C=O) groups excluding carboxylic acids is 1. The summed E-state index contributed by atoms with van der Waals surface area (Å²) in [5, 5.41) is 12.6. The summed E-state index contributed by atoms with van der Waals surface area (Å²) in [5.41, 5.74) is 0.646. The van der Waals surface area contributed by atoms with E-state index in [9.17, 15) is 14.7 Å². The van der Waals surface area contributed by atoms with Gasteiger partial charge in [0.15, 0.2) is 0 Å². The Kier molecular flexibility index (Phi) is 3.97. The van der Waals surface area contributed by atoms with E-state index in [-0.39, 0.29) is 17.7 Å². The molecular weight excluding hydrogens is 354 g/mol. The molecule has 5 nitrogen and oxygen atoms in total. The average molecular weight is 375 g/mol. The van der Waals surface area contributed by atoms with Crippen molar-refractivity contribution in [3.05, 3.63) is 66.7 Å². The standard InChI is InChI=1S/C23H21NO4/c25-22(20-16-10-11-17(19-12-18(16)19)21(20)23(26)27)24-13-6-8-15(9-7-13)28-14-4-2-1-3-5-14/h1-11,16-21H,12H2,(H,24,25)(H,26,27)/t16-,17-,18-,19+,20+,21+/m0/s1. The Morgan fingerprint density at radius 2 is 1.46 bits per heavy atom. The number of hydrogen-bond acceptors (Lipinski definition) is 3. The summed E-state index contributed by atoms with van der Waals surface area (Å²) in [5.74, 6) is 0.182.